The van der Waals surface area contributed by atoms with Crippen LogP contribution in [0.25, 0.3) is 0 Å². The van der Waals surface area contributed by atoms with E-state index in [0.717, 1.165) is 0 Å². The number of hydrogen-bond donors (Lipinski definition) is 2. The molecule has 0 aliphatic carbocycles. The minimum absolute atomic E-state index is 0.342. The minimum Gasteiger partial charge on any atom is -0.271 e. The van der Waals surface area contributed by atoms with Crippen molar-refractivity contribution in [3.05, 3.63) is 69.7 Å². The lowest BCUT2D eigenvalue weighted by Crippen LogP contribution is -2.29. The molecule has 0 spiro atoms. The van der Waals surface area contributed by atoms with E-state index in [1.165, 1.54) is 18.2 Å². The fourth-order valence-electron chi connectivity index (χ4n) is 1.76. The van der Waals surface area contributed by atoms with Gasteiger partial charge in [-0.25, -0.2) is 14.2 Å². The van der Waals surface area contributed by atoms with Crippen LogP contribution in [0.3, 0.4) is 0 Å². The molecule has 2 aromatic carbocycles. The third-order valence-electron chi connectivity index (χ3n) is 2.64. The summed E-state index contributed by atoms with van der Waals surface area (Å²) in [4.78, 5) is 0. The summed E-state index contributed by atoms with van der Waals surface area (Å²) in [5.41, 5.74) is 3.64. The van der Waals surface area contributed by atoms with Crippen LogP contribution in [0.1, 0.15) is 17.2 Å². The summed E-state index contributed by atoms with van der Waals surface area (Å²) in [6, 6.07) is 9.98. The Morgan fingerprint density at radius 1 is 1.06 bits per heavy atom. The Labute approximate surface area is 112 Å². The maximum atomic E-state index is 13.9. The Bertz CT molecular complexity index is 543. The first-order valence-electron chi connectivity index (χ1n) is 5.28. The summed E-state index contributed by atoms with van der Waals surface area (Å²) in [5.74, 6) is 4.74. The molecule has 0 fully saturated rings. The fourth-order valence-corrected chi connectivity index (χ4v) is 2.09. The smallest absolute Gasteiger partial charge is 0.129 e. The molecule has 0 aliphatic heterocycles. The van der Waals surface area contributed by atoms with E-state index in [0.29, 0.717) is 15.6 Å². The number of benzene rings is 2. The van der Waals surface area contributed by atoms with Crippen molar-refractivity contribution in [2.24, 2.45) is 5.84 Å². The molecule has 1 atom stereocenters. The Morgan fingerprint density at radius 3 is 2.28 bits per heavy atom. The van der Waals surface area contributed by atoms with Gasteiger partial charge >= 0.3 is 0 Å². The maximum absolute atomic E-state index is 13.9. The normalized spacial score (nSPS) is 12.4. The summed E-state index contributed by atoms with van der Waals surface area (Å²) in [5, 5.41) is 0. The van der Waals surface area contributed by atoms with Gasteiger partial charge in [-0.15, -0.1) is 0 Å². The summed E-state index contributed by atoms with van der Waals surface area (Å²) in [6.45, 7) is 0. The lowest BCUT2D eigenvalue weighted by atomic mass is 9.99. The molecule has 1 unspecified atom stereocenters. The predicted molar refractivity (Wildman–Crippen MR) is 69.7 cm³/mol. The highest BCUT2D eigenvalue weighted by Gasteiger charge is 2.16. The molecule has 0 saturated carbocycles. The number of nitrogens with two attached hydrogens (primary N) is 1. The van der Waals surface area contributed by atoms with Crippen LogP contribution < -0.4 is 11.3 Å². The SMILES string of the molecule is NNC(c1ccc(F)cc1)c1ccc(Br)cc1F. The van der Waals surface area contributed by atoms with Crippen molar-refractivity contribution >= 4 is 15.9 Å². The largest absolute Gasteiger partial charge is 0.271 e. The van der Waals surface area contributed by atoms with E-state index in [2.05, 4.69) is 21.4 Å². The lowest BCUT2D eigenvalue weighted by molar-refractivity contribution is 0.558. The van der Waals surface area contributed by atoms with E-state index in [1.54, 1.807) is 24.3 Å². The van der Waals surface area contributed by atoms with Gasteiger partial charge in [0.1, 0.15) is 11.6 Å². The molecule has 5 heteroatoms. The molecular weight excluding hydrogens is 302 g/mol. The first-order valence-corrected chi connectivity index (χ1v) is 6.07. The van der Waals surface area contributed by atoms with Gasteiger partial charge in [0, 0.05) is 10.0 Å². The highest BCUT2D eigenvalue weighted by molar-refractivity contribution is 9.10. The van der Waals surface area contributed by atoms with Crippen molar-refractivity contribution in [2.75, 3.05) is 0 Å². The Kier molecular flexibility index (Phi) is 4.06. The molecule has 0 radical (unpaired) electrons. The zero-order chi connectivity index (χ0) is 13.1. The van der Waals surface area contributed by atoms with Crippen LogP contribution >= 0.6 is 15.9 Å². The van der Waals surface area contributed by atoms with Gasteiger partial charge in [-0.05, 0) is 29.8 Å². The summed E-state index contributed by atoms with van der Waals surface area (Å²) in [6.07, 6.45) is 0. The maximum Gasteiger partial charge on any atom is 0.129 e. The van der Waals surface area contributed by atoms with Gasteiger partial charge in [0.05, 0.1) is 6.04 Å². The van der Waals surface area contributed by atoms with Gasteiger partial charge in [-0.3, -0.25) is 5.84 Å². The topological polar surface area (TPSA) is 38.0 Å². The van der Waals surface area contributed by atoms with E-state index in [1.807, 2.05) is 0 Å². The van der Waals surface area contributed by atoms with Crippen molar-refractivity contribution in [3.8, 4) is 0 Å². The predicted octanol–water partition coefficient (Wildman–Crippen LogP) is 3.28. The molecule has 0 amide bonds. The summed E-state index contributed by atoms with van der Waals surface area (Å²) >= 11 is 3.19. The van der Waals surface area contributed by atoms with Gasteiger partial charge in [0.25, 0.3) is 0 Å². The quantitative estimate of drug-likeness (QED) is 0.674. The monoisotopic (exact) mass is 312 g/mol. The summed E-state index contributed by atoms with van der Waals surface area (Å²) < 4.78 is 27.4. The van der Waals surface area contributed by atoms with Crippen molar-refractivity contribution in [1.29, 1.82) is 0 Å². The number of halogens is 3. The second kappa shape index (κ2) is 5.56. The van der Waals surface area contributed by atoms with Gasteiger partial charge in [0.15, 0.2) is 0 Å². The highest BCUT2D eigenvalue weighted by atomic mass is 79.9. The fraction of sp³-hybridized carbons (Fsp3) is 0.0769. The van der Waals surface area contributed by atoms with Crippen LogP contribution in [-0.2, 0) is 0 Å². The lowest BCUT2D eigenvalue weighted by Gasteiger charge is -2.17. The van der Waals surface area contributed by atoms with Crippen LogP contribution in [0.15, 0.2) is 46.9 Å². The van der Waals surface area contributed by atoms with E-state index >= 15 is 0 Å². The van der Waals surface area contributed by atoms with Crippen molar-refractivity contribution in [3.63, 3.8) is 0 Å². The zero-order valence-corrected chi connectivity index (χ0v) is 10.9. The molecule has 2 aromatic rings. The third kappa shape index (κ3) is 2.75. The molecule has 0 aliphatic rings. The zero-order valence-electron chi connectivity index (χ0n) is 9.33. The average Bonchev–Trinajstić information content (AvgIpc) is 2.35. The number of hydrogen-bond acceptors (Lipinski definition) is 2. The Morgan fingerprint density at radius 2 is 1.72 bits per heavy atom. The minimum atomic E-state index is -0.515. The molecule has 18 heavy (non-hydrogen) atoms. The van der Waals surface area contributed by atoms with Gasteiger partial charge in [-0.1, -0.05) is 34.1 Å². The van der Waals surface area contributed by atoms with E-state index in [-0.39, 0.29) is 11.6 Å². The number of hydrazine groups is 1. The van der Waals surface area contributed by atoms with E-state index in [9.17, 15) is 8.78 Å². The van der Waals surface area contributed by atoms with Crippen molar-refractivity contribution in [1.82, 2.24) is 5.43 Å². The van der Waals surface area contributed by atoms with Crippen molar-refractivity contribution < 1.29 is 8.78 Å². The summed E-state index contributed by atoms with van der Waals surface area (Å²) in [7, 11) is 0. The standard InChI is InChI=1S/C13H11BrF2N2/c14-9-3-6-11(12(16)7-9)13(18-17)8-1-4-10(15)5-2-8/h1-7,13,18H,17H2. The molecule has 3 N–H and O–H groups in total. The second-order valence-electron chi connectivity index (χ2n) is 3.82. The average molecular weight is 313 g/mol. The van der Waals surface area contributed by atoms with Crippen LogP contribution in [0.5, 0.6) is 0 Å². The molecule has 0 heterocycles. The second-order valence-corrected chi connectivity index (χ2v) is 4.73. The first-order chi connectivity index (χ1) is 8.61. The van der Waals surface area contributed by atoms with Gasteiger partial charge < -0.3 is 0 Å². The molecule has 0 bridgehead atoms. The molecule has 2 nitrogen and oxygen atoms in total. The van der Waals surface area contributed by atoms with Crippen LogP contribution in [-0.4, -0.2) is 0 Å². The van der Waals surface area contributed by atoms with Crippen LogP contribution in [0.4, 0.5) is 8.78 Å². The van der Waals surface area contributed by atoms with E-state index in [4.69, 9.17) is 5.84 Å². The molecular formula is C13H11BrF2N2. The van der Waals surface area contributed by atoms with Crippen LogP contribution in [0.2, 0.25) is 0 Å². The molecule has 0 aromatic heterocycles. The van der Waals surface area contributed by atoms with Gasteiger partial charge in [0.2, 0.25) is 0 Å². The van der Waals surface area contributed by atoms with E-state index < -0.39 is 6.04 Å². The first kappa shape index (κ1) is 13.1. The highest BCUT2D eigenvalue weighted by Crippen LogP contribution is 2.26. The van der Waals surface area contributed by atoms with Gasteiger partial charge in [-0.2, -0.15) is 0 Å². The Hall–Kier alpha value is -1.30. The Balaban J connectivity index is 2.41. The van der Waals surface area contributed by atoms with Crippen molar-refractivity contribution in [2.45, 2.75) is 6.04 Å². The number of nitrogens with one attached hydrogen (secondary N) is 1. The third-order valence-corrected chi connectivity index (χ3v) is 3.14. The molecule has 2 rings (SSSR count). The molecule has 94 valence electrons. The number of rotatable bonds is 3. The molecule has 0 saturated heterocycles. The van der Waals surface area contributed by atoms with Crippen LogP contribution in [0, 0.1) is 11.6 Å².